The van der Waals surface area contributed by atoms with E-state index in [1.54, 1.807) is 10.9 Å². The van der Waals surface area contributed by atoms with E-state index in [1.165, 1.54) is 0 Å². The van der Waals surface area contributed by atoms with Crippen LogP contribution in [0.25, 0.3) is 0 Å². The van der Waals surface area contributed by atoms with Crippen molar-refractivity contribution in [2.45, 2.75) is 12.5 Å². The largest absolute Gasteiger partial charge is 0.396 e. The molecule has 62 valence electrons. The maximum Gasteiger partial charge on any atom is 0.0537 e. The molecule has 1 rings (SSSR count). The molecule has 0 fully saturated rings. The van der Waals surface area contributed by atoms with Crippen LogP contribution >= 0.6 is 0 Å². The molecule has 0 amide bonds. The van der Waals surface area contributed by atoms with Crippen molar-refractivity contribution < 1.29 is 5.11 Å². The molecule has 11 heavy (non-hydrogen) atoms. The predicted octanol–water partition coefficient (Wildman–Crippen LogP) is -0.198. The zero-order valence-corrected chi connectivity index (χ0v) is 6.57. The summed E-state index contributed by atoms with van der Waals surface area (Å²) < 4.78 is 1.70. The van der Waals surface area contributed by atoms with Gasteiger partial charge in [0.1, 0.15) is 0 Å². The van der Waals surface area contributed by atoms with Crippen LogP contribution in [-0.2, 0) is 7.05 Å². The third-order valence-electron chi connectivity index (χ3n) is 1.59. The maximum absolute atomic E-state index is 8.60. The van der Waals surface area contributed by atoms with Gasteiger partial charge >= 0.3 is 0 Å². The van der Waals surface area contributed by atoms with Crippen LogP contribution in [0.1, 0.15) is 18.0 Å². The topological polar surface area (TPSA) is 64.1 Å². The van der Waals surface area contributed by atoms with E-state index in [-0.39, 0.29) is 12.6 Å². The van der Waals surface area contributed by atoms with Crippen LogP contribution in [0.15, 0.2) is 12.4 Å². The molecule has 0 saturated carbocycles. The fourth-order valence-electron chi connectivity index (χ4n) is 0.937. The molecule has 4 nitrogen and oxygen atoms in total. The second-order valence-corrected chi connectivity index (χ2v) is 2.57. The second kappa shape index (κ2) is 3.50. The summed E-state index contributed by atoms with van der Waals surface area (Å²) in [5, 5.41) is 12.6. The minimum Gasteiger partial charge on any atom is -0.396 e. The SMILES string of the molecule is Cn1cc(C(N)CCO)cn1. The number of rotatable bonds is 3. The van der Waals surface area contributed by atoms with Gasteiger partial charge in [0.05, 0.1) is 6.20 Å². The zero-order valence-electron chi connectivity index (χ0n) is 6.57. The van der Waals surface area contributed by atoms with Crippen LogP contribution in [0.5, 0.6) is 0 Å². The first-order valence-corrected chi connectivity index (χ1v) is 3.59. The Morgan fingerprint density at radius 2 is 2.55 bits per heavy atom. The summed E-state index contributed by atoms with van der Waals surface area (Å²) in [7, 11) is 1.84. The Balaban J connectivity index is 2.60. The summed E-state index contributed by atoms with van der Waals surface area (Å²) >= 11 is 0. The van der Waals surface area contributed by atoms with Crippen LogP contribution in [0.4, 0.5) is 0 Å². The van der Waals surface area contributed by atoms with Gasteiger partial charge in [-0.1, -0.05) is 0 Å². The molecule has 0 aromatic carbocycles. The Morgan fingerprint density at radius 1 is 1.82 bits per heavy atom. The third kappa shape index (κ3) is 2.03. The van der Waals surface area contributed by atoms with Gasteiger partial charge in [-0.05, 0) is 6.42 Å². The van der Waals surface area contributed by atoms with E-state index in [0.717, 1.165) is 5.56 Å². The minimum absolute atomic E-state index is 0.0892. The molecule has 1 aromatic rings. The van der Waals surface area contributed by atoms with E-state index in [2.05, 4.69) is 5.10 Å². The van der Waals surface area contributed by atoms with Gasteiger partial charge in [0.2, 0.25) is 0 Å². The van der Waals surface area contributed by atoms with Crippen molar-refractivity contribution in [3.8, 4) is 0 Å². The Kier molecular flexibility index (Phi) is 2.62. The van der Waals surface area contributed by atoms with E-state index in [4.69, 9.17) is 10.8 Å². The van der Waals surface area contributed by atoms with Crippen molar-refractivity contribution >= 4 is 0 Å². The number of aliphatic hydroxyl groups is 1. The van der Waals surface area contributed by atoms with Gasteiger partial charge in [0.25, 0.3) is 0 Å². The summed E-state index contributed by atoms with van der Waals surface area (Å²) in [6, 6.07) is -0.0892. The van der Waals surface area contributed by atoms with Crippen LogP contribution in [0.3, 0.4) is 0 Å². The fourth-order valence-corrected chi connectivity index (χ4v) is 0.937. The minimum atomic E-state index is -0.0892. The number of hydrogen-bond acceptors (Lipinski definition) is 3. The normalized spacial score (nSPS) is 13.4. The van der Waals surface area contributed by atoms with E-state index >= 15 is 0 Å². The summed E-state index contributed by atoms with van der Waals surface area (Å²) in [5.74, 6) is 0. The third-order valence-corrected chi connectivity index (χ3v) is 1.59. The molecule has 3 N–H and O–H groups in total. The highest BCUT2D eigenvalue weighted by Crippen LogP contribution is 2.10. The summed E-state index contributed by atoms with van der Waals surface area (Å²) in [6.45, 7) is 0.121. The molecule has 0 saturated heterocycles. The molecule has 0 aliphatic carbocycles. The van der Waals surface area contributed by atoms with Gasteiger partial charge in [0.15, 0.2) is 0 Å². The maximum atomic E-state index is 8.60. The summed E-state index contributed by atoms with van der Waals surface area (Å²) in [6.07, 6.45) is 4.17. The molecule has 1 unspecified atom stereocenters. The van der Waals surface area contributed by atoms with Gasteiger partial charge in [-0.3, -0.25) is 4.68 Å². The highest BCUT2D eigenvalue weighted by molar-refractivity contribution is 5.08. The molecular formula is C7H13N3O. The standard InChI is InChI=1S/C7H13N3O/c1-10-5-6(4-9-10)7(8)2-3-11/h4-5,7,11H,2-3,8H2,1H3. The van der Waals surface area contributed by atoms with E-state index in [9.17, 15) is 0 Å². The lowest BCUT2D eigenvalue weighted by Gasteiger charge is -2.04. The van der Waals surface area contributed by atoms with Crippen LogP contribution in [-0.4, -0.2) is 21.5 Å². The molecule has 0 spiro atoms. The molecule has 0 aliphatic heterocycles. The molecular weight excluding hydrogens is 142 g/mol. The predicted molar refractivity (Wildman–Crippen MR) is 41.8 cm³/mol. The lowest BCUT2D eigenvalue weighted by atomic mass is 10.1. The Morgan fingerprint density at radius 3 is 3.00 bits per heavy atom. The first kappa shape index (κ1) is 8.23. The number of nitrogens with two attached hydrogens (primary N) is 1. The van der Waals surface area contributed by atoms with Crippen molar-refractivity contribution in [1.82, 2.24) is 9.78 Å². The highest BCUT2D eigenvalue weighted by Gasteiger charge is 2.05. The first-order chi connectivity index (χ1) is 5.24. The molecule has 4 heteroatoms. The van der Waals surface area contributed by atoms with Crippen molar-refractivity contribution in [2.75, 3.05) is 6.61 Å². The van der Waals surface area contributed by atoms with Crippen molar-refractivity contribution in [3.63, 3.8) is 0 Å². The fraction of sp³-hybridized carbons (Fsp3) is 0.571. The Labute approximate surface area is 65.6 Å². The highest BCUT2D eigenvalue weighted by atomic mass is 16.3. The summed E-state index contributed by atoms with van der Waals surface area (Å²) in [4.78, 5) is 0. The smallest absolute Gasteiger partial charge is 0.0537 e. The molecule has 1 atom stereocenters. The summed E-state index contributed by atoms with van der Waals surface area (Å²) in [5.41, 5.74) is 6.68. The van der Waals surface area contributed by atoms with Crippen LogP contribution in [0.2, 0.25) is 0 Å². The van der Waals surface area contributed by atoms with Crippen molar-refractivity contribution in [3.05, 3.63) is 18.0 Å². The van der Waals surface area contributed by atoms with Crippen LogP contribution in [0, 0.1) is 0 Å². The number of aryl methyl sites for hydroxylation is 1. The van der Waals surface area contributed by atoms with Crippen molar-refractivity contribution in [1.29, 1.82) is 0 Å². The van der Waals surface area contributed by atoms with Gasteiger partial charge in [0, 0.05) is 31.5 Å². The Hall–Kier alpha value is -0.870. The molecule has 0 bridgehead atoms. The van der Waals surface area contributed by atoms with Gasteiger partial charge in [-0.2, -0.15) is 5.10 Å². The molecule has 0 aliphatic rings. The molecule has 1 aromatic heterocycles. The lowest BCUT2D eigenvalue weighted by molar-refractivity contribution is 0.276. The van der Waals surface area contributed by atoms with Gasteiger partial charge < -0.3 is 10.8 Å². The quantitative estimate of drug-likeness (QED) is 0.635. The van der Waals surface area contributed by atoms with E-state index < -0.39 is 0 Å². The monoisotopic (exact) mass is 155 g/mol. The average molecular weight is 155 g/mol. The second-order valence-electron chi connectivity index (χ2n) is 2.57. The number of nitrogens with zero attached hydrogens (tertiary/aromatic N) is 2. The van der Waals surface area contributed by atoms with E-state index in [1.807, 2.05) is 13.2 Å². The molecule has 0 radical (unpaired) electrons. The zero-order chi connectivity index (χ0) is 8.27. The number of aromatic nitrogens is 2. The Bertz CT molecular complexity index is 221. The van der Waals surface area contributed by atoms with Gasteiger partial charge in [-0.15, -0.1) is 0 Å². The number of aliphatic hydroxyl groups excluding tert-OH is 1. The number of hydrogen-bond donors (Lipinski definition) is 2. The molecule has 1 heterocycles. The first-order valence-electron chi connectivity index (χ1n) is 3.59. The van der Waals surface area contributed by atoms with Gasteiger partial charge in [-0.25, -0.2) is 0 Å². The van der Waals surface area contributed by atoms with Crippen molar-refractivity contribution in [2.24, 2.45) is 12.8 Å². The van der Waals surface area contributed by atoms with Crippen LogP contribution < -0.4 is 5.73 Å². The van der Waals surface area contributed by atoms with E-state index in [0.29, 0.717) is 6.42 Å². The lowest BCUT2D eigenvalue weighted by Crippen LogP contribution is -2.10. The average Bonchev–Trinajstić information content (AvgIpc) is 2.36.